The zero-order valence-electron chi connectivity index (χ0n) is 8.75. The molecule has 0 atom stereocenters. The van der Waals surface area contributed by atoms with Gasteiger partial charge in [0.25, 0.3) is 0 Å². The maximum absolute atomic E-state index is 13.0. The van der Waals surface area contributed by atoms with Crippen LogP contribution in [0.25, 0.3) is 11.4 Å². The maximum Gasteiger partial charge on any atom is 0.305 e. The number of carboxylic acid groups (broad SMARTS) is 1. The minimum atomic E-state index is -0.936. The summed E-state index contributed by atoms with van der Waals surface area (Å²) >= 11 is 0. The molecule has 17 heavy (non-hydrogen) atoms. The predicted octanol–water partition coefficient (Wildman–Crippen LogP) is 0.954. The quantitative estimate of drug-likeness (QED) is 0.854. The molecule has 0 unspecified atom stereocenters. The van der Waals surface area contributed by atoms with E-state index in [-0.39, 0.29) is 24.6 Å². The molecule has 0 saturated carbocycles. The van der Waals surface area contributed by atoms with Crippen LogP contribution in [0.1, 0.15) is 6.42 Å². The number of aliphatic carboxylic acids is 1. The van der Waals surface area contributed by atoms with Crippen LogP contribution in [-0.4, -0.2) is 31.3 Å². The van der Waals surface area contributed by atoms with E-state index < -0.39 is 5.97 Å². The Hall–Kier alpha value is -2.31. The summed E-state index contributed by atoms with van der Waals surface area (Å²) in [5.41, 5.74) is 0.506. The third-order valence-corrected chi connectivity index (χ3v) is 2.06. The summed E-state index contributed by atoms with van der Waals surface area (Å²) in [7, 11) is 0. The van der Waals surface area contributed by atoms with Gasteiger partial charge in [-0.2, -0.15) is 4.80 Å². The summed E-state index contributed by atoms with van der Waals surface area (Å²) in [6.07, 6.45) is -0.0844. The van der Waals surface area contributed by atoms with Crippen LogP contribution in [0.15, 0.2) is 24.3 Å². The lowest BCUT2D eigenvalue weighted by Crippen LogP contribution is -2.07. The van der Waals surface area contributed by atoms with Crippen molar-refractivity contribution < 1.29 is 14.3 Å². The number of aryl methyl sites for hydroxylation is 1. The van der Waals surface area contributed by atoms with E-state index in [9.17, 15) is 9.18 Å². The van der Waals surface area contributed by atoms with Crippen molar-refractivity contribution in [2.24, 2.45) is 0 Å². The zero-order valence-corrected chi connectivity index (χ0v) is 8.75. The van der Waals surface area contributed by atoms with Crippen LogP contribution in [0.2, 0.25) is 0 Å². The van der Waals surface area contributed by atoms with Gasteiger partial charge in [-0.25, -0.2) is 4.39 Å². The van der Waals surface area contributed by atoms with Crippen LogP contribution in [0.5, 0.6) is 0 Å². The second-order valence-electron chi connectivity index (χ2n) is 3.36. The largest absolute Gasteiger partial charge is 0.481 e. The molecule has 0 spiro atoms. The molecule has 1 aromatic heterocycles. The van der Waals surface area contributed by atoms with E-state index in [2.05, 4.69) is 15.4 Å². The Kier molecular flexibility index (Phi) is 3.08. The molecule has 0 aliphatic heterocycles. The molecule has 6 nitrogen and oxygen atoms in total. The van der Waals surface area contributed by atoms with Gasteiger partial charge in [0.05, 0.1) is 13.0 Å². The van der Waals surface area contributed by atoms with Gasteiger partial charge >= 0.3 is 5.97 Å². The Morgan fingerprint density at radius 1 is 1.47 bits per heavy atom. The lowest BCUT2D eigenvalue weighted by Gasteiger charge is -1.94. The number of halogens is 1. The smallest absolute Gasteiger partial charge is 0.305 e. The number of carboxylic acids is 1. The van der Waals surface area contributed by atoms with Crippen molar-refractivity contribution in [1.82, 2.24) is 20.2 Å². The first-order chi connectivity index (χ1) is 8.15. The van der Waals surface area contributed by atoms with Crippen LogP contribution in [0.4, 0.5) is 4.39 Å². The summed E-state index contributed by atoms with van der Waals surface area (Å²) in [6, 6.07) is 5.81. The van der Waals surface area contributed by atoms with E-state index in [0.717, 1.165) is 0 Å². The number of aromatic nitrogens is 4. The highest BCUT2D eigenvalue weighted by molar-refractivity contribution is 5.66. The number of nitrogens with zero attached hydrogens (tertiary/aromatic N) is 4. The molecule has 88 valence electrons. The van der Waals surface area contributed by atoms with Gasteiger partial charge in [-0.3, -0.25) is 4.79 Å². The molecule has 1 heterocycles. The number of hydrogen-bond donors (Lipinski definition) is 1. The Morgan fingerprint density at radius 2 is 2.29 bits per heavy atom. The van der Waals surface area contributed by atoms with Crippen LogP contribution < -0.4 is 0 Å². The fourth-order valence-electron chi connectivity index (χ4n) is 1.28. The minimum Gasteiger partial charge on any atom is -0.481 e. The second kappa shape index (κ2) is 4.69. The molecule has 0 aliphatic rings. The molecule has 1 aromatic carbocycles. The lowest BCUT2D eigenvalue weighted by atomic mass is 10.2. The zero-order chi connectivity index (χ0) is 12.3. The van der Waals surface area contributed by atoms with Crippen molar-refractivity contribution in [3.05, 3.63) is 30.1 Å². The average molecular weight is 236 g/mol. The number of carbonyl (C=O) groups is 1. The summed E-state index contributed by atoms with van der Waals surface area (Å²) in [5.74, 6) is -1.05. The topological polar surface area (TPSA) is 80.9 Å². The third kappa shape index (κ3) is 2.83. The fraction of sp³-hybridized carbons (Fsp3) is 0.200. The Balaban J connectivity index is 2.15. The molecular formula is C10H9FN4O2. The van der Waals surface area contributed by atoms with E-state index in [1.807, 2.05) is 0 Å². The highest BCUT2D eigenvalue weighted by Crippen LogP contribution is 2.14. The first-order valence-electron chi connectivity index (χ1n) is 4.91. The van der Waals surface area contributed by atoms with Crippen LogP contribution in [0, 0.1) is 5.82 Å². The molecule has 1 N–H and O–H groups in total. The molecule has 2 aromatic rings. The van der Waals surface area contributed by atoms with Crippen molar-refractivity contribution in [2.75, 3.05) is 0 Å². The monoisotopic (exact) mass is 236 g/mol. The van der Waals surface area contributed by atoms with Gasteiger partial charge in [0, 0.05) is 5.56 Å². The van der Waals surface area contributed by atoms with Gasteiger partial charge in [0.1, 0.15) is 5.82 Å². The van der Waals surface area contributed by atoms with Crippen molar-refractivity contribution in [1.29, 1.82) is 0 Å². The number of rotatable bonds is 4. The van der Waals surface area contributed by atoms with Gasteiger partial charge in [-0.1, -0.05) is 12.1 Å². The number of hydrogen-bond acceptors (Lipinski definition) is 4. The highest BCUT2D eigenvalue weighted by atomic mass is 19.1. The molecule has 0 fully saturated rings. The predicted molar refractivity (Wildman–Crippen MR) is 55.5 cm³/mol. The van der Waals surface area contributed by atoms with E-state index in [0.29, 0.717) is 5.56 Å². The Morgan fingerprint density at radius 3 is 3.00 bits per heavy atom. The molecule has 0 amide bonds. The van der Waals surface area contributed by atoms with Gasteiger partial charge in [-0.05, 0) is 17.3 Å². The van der Waals surface area contributed by atoms with Crippen molar-refractivity contribution in [3.63, 3.8) is 0 Å². The van der Waals surface area contributed by atoms with Gasteiger partial charge in [0.2, 0.25) is 5.82 Å². The molecule has 0 radical (unpaired) electrons. The third-order valence-electron chi connectivity index (χ3n) is 2.06. The van der Waals surface area contributed by atoms with Crippen molar-refractivity contribution in [2.45, 2.75) is 13.0 Å². The minimum absolute atomic E-state index is 0.0844. The molecular weight excluding hydrogens is 227 g/mol. The Bertz CT molecular complexity index is 541. The SMILES string of the molecule is O=C(O)CCn1nnc(-c2cccc(F)c2)n1. The lowest BCUT2D eigenvalue weighted by molar-refractivity contribution is -0.137. The van der Waals surface area contributed by atoms with Gasteiger partial charge in [0.15, 0.2) is 0 Å². The highest BCUT2D eigenvalue weighted by Gasteiger charge is 2.07. The molecule has 2 rings (SSSR count). The van der Waals surface area contributed by atoms with Crippen LogP contribution in [0.3, 0.4) is 0 Å². The summed E-state index contributed by atoms with van der Waals surface area (Å²) in [5, 5.41) is 19.9. The average Bonchev–Trinajstić information content (AvgIpc) is 2.75. The summed E-state index contributed by atoms with van der Waals surface area (Å²) in [4.78, 5) is 11.5. The molecule has 0 bridgehead atoms. The maximum atomic E-state index is 13.0. The van der Waals surface area contributed by atoms with Crippen molar-refractivity contribution >= 4 is 5.97 Å². The van der Waals surface area contributed by atoms with E-state index in [1.54, 1.807) is 12.1 Å². The first-order valence-corrected chi connectivity index (χ1v) is 4.91. The van der Waals surface area contributed by atoms with Crippen LogP contribution >= 0.6 is 0 Å². The first kappa shape index (κ1) is 11.2. The number of tetrazole rings is 1. The van der Waals surface area contributed by atoms with Gasteiger partial charge < -0.3 is 5.11 Å². The normalized spacial score (nSPS) is 10.4. The van der Waals surface area contributed by atoms with Crippen molar-refractivity contribution in [3.8, 4) is 11.4 Å². The standard InChI is InChI=1S/C10H9FN4O2/c11-8-3-1-2-7(6-8)10-12-14-15(13-10)5-4-9(16)17/h1-3,6H,4-5H2,(H,16,17). The Labute approximate surface area is 95.7 Å². The number of benzene rings is 1. The molecule has 7 heteroatoms. The molecule has 0 aliphatic carbocycles. The van der Waals surface area contributed by atoms with E-state index in [1.165, 1.54) is 16.9 Å². The fourth-order valence-corrected chi connectivity index (χ4v) is 1.28. The van der Waals surface area contributed by atoms with Gasteiger partial charge in [-0.15, -0.1) is 10.2 Å². The van der Waals surface area contributed by atoms with E-state index >= 15 is 0 Å². The van der Waals surface area contributed by atoms with Crippen LogP contribution in [-0.2, 0) is 11.3 Å². The summed E-state index contributed by atoms with van der Waals surface area (Å²) < 4.78 is 13.0. The summed E-state index contributed by atoms with van der Waals surface area (Å²) in [6.45, 7) is 0.137. The van der Waals surface area contributed by atoms with E-state index in [4.69, 9.17) is 5.11 Å². The second-order valence-corrected chi connectivity index (χ2v) is 3.36. The molecule has 0 saturated heterocycles.